The lowest BCUT2D eigenvalue weighted by molar-refractivity contribution is 0.117. The largest absolute Gasteiger partial charge is 0.314 e. The predicted molar refractivity (Wildman–Crippen MR) is 78.1 cm³/mol. The summed E-state index contributed by atoms with van der Waals surface area (Å²) in [6.07, 6.45) is 0. The Kier molecular flexibility index (Phi) is 4.66. The third-order valence-corrected chi connectivity index (χ3v) is 4.10. The molecule has 1 heterocycles. The number of nitrogens with zero attached hydrogens (tertiary/aromatic N) is 1. The van der Waals surface area contributed by atoms with Gasteiger partial charge in [0.05, 0.1) is 0 Å². The van der Waals surface area contributed by atoms with Crippen LogP contribution in [0.25, 0.3) is 0 Å². The molecule has 2 nitrogen and oxygen atoms in total. The number of benzene rings is 1. The molecule has 1 atom stereocenters. The second-order valence-corrected chi connectivity index (χ2v) is 5.99. The summed E-state index contributed by atoms with van der Waals surface area (Å²) in [6, 6.07) is 6.98. The molecule has 2 rings (SSSR count). The first-order chi connectivity index (χ1) is 8.58. The summed E-state index contributed by atoms with van der Waals surface area (Å²) in [6.45, 7) is 10.9. The van der Waals surface area contributed by atoms with Crippen molar-refractivity contribution >= 4 is 11.6 Å². The summed E-state index contributed by atoms with van der Waals surface area (Å²) in [5.41, 5.74) is 2.47. The predicted octanol–water partition coefficient (Wildman–Crippen LogP) is 3.08. The molecule has 0 radical (unpaired) electrons. The van der Waals surface area contributed by atoms with Gasteiger partial charge in [0.25, 0.3) is 0 Å². The van der Waals surface area contributed by atoms with Gasteiger partial charge in [-0.1, -0.05) is 37.6 Å². The van der Waals surface area contributed by atoms with Crippen LogP contribution >= 0.6 is 11.6 Å². The lowest BCUT2D eigenvalue weighted by Gasteiger charge is -2.38. The number of hydrogen-bond acceptors (Lipinski definition) is 2. The maximum absolute atomic E-state index is 6.33. The Balaban J connectivity index is 2.11. The number of piperazine rings is 1. The fourth-order valence-electron chi connectivity index (χ4n) is 2.62. The molecule has 3 heteroatoms. The molecule has 1 saturated heterocycles. The van der Waals surface area contributed by atoms with E-state index < -0.39 is 0 Å². The zero-order chi connectivity index (χ0) is 13.1. The second-order valence-electron chi connectivity index (χ2n) is 5.58. The standard InChI is InChI=1S/C15H23ClN2/c1-11(2)15-9-17-6-7-18(15)10-13-5-4-12(3)8-14(13)16/h4-5,8,11,15,17H,6-7,9-10H2,1-3H3. The maximum Gasteiger partial charge on any atom is 0.0453 e. The second kappa shape index (κ2) is 6.05. The first kappa shape index (κ1) is 13.9. The van der Waals surface area contributed by atoms with Gasteiger partial charge >= 0.3 is 0 Å². The molecule has 100 valence electrons. The smallest absolute Gasteiger partial charge is 0.0453 e. The van der Waals surface area contributed by atoms with E-state index in [0.29, 0.717) is 12.0 Å². The van der Waals surface area contributed by atoms with Crippen molar-refractivity contribution in [2.45, 2.75) is 33.4 Å². The average molecular weight is 267 g/mol. The molecule has 0 bridgehead atoms. The highest BCUT2D eigenvalue weighted by Gasteiger charge is 2.25. The van der Waals surface area contributed by atoms with E-state index in [2.05, 4.69) is 49.2 Å². The van der Waals surface area contributed by atoms with Crippen molar-refractivity contribution in [3.8, 4) is 0 Å². The highest BCUT2D eigenvalue weighted by Crippen LogP contribution is 2.22. The Morgan fingerprint density at radius 3 is 2.89 bits per heavy atom. The summed E-state index contributed by atoms with van der Waals surface area (Å²) in [5, 5.41) is 4.38. The zero-order valence-electron chi connectivity index (χ0n) is 11.5. The monoisotopic (exact) mass is 266 g/mol. The Labute approximate surface area is 115 Å². The van der Waals surface area contributed by atoms with Crippen LogP contribution in [-0.2, 0) is 6.54 Å². The summed E-state index contributed by atoms with van der Waals surface area (Å²) >= 11 is 6.33. The summed E-state index contributed by atoms with van der Waals surface area (Å²) in [4.78, 5) is 2.55. The van der Waals surface area contributed by atoms with Crippen LogP contribution in [0.4, 0.5) is 0 Å². The summed E-state index contributed by atoms with van der Waals surface area (Å²) < 4.78 is 0. The highest BCUT2D eigenvalue weighted by molar-refractivity contribution is 6.31. The minimum Gasteiger partial charge on any atom is -0.314 e. The van der Waals surface area contributed by atoms with Gasteiger partial charge < -0.3 is 5.32 Å². The Morgan fingerprint density at radius 2 is 2.22 bits per heavy atom. The molecule has 18 heavy (non-hydrogen) atoms. The number of nitrogens with one attached hydrogen (secondary N) is 1. The molecule has 1 N–H and O–H groups in total. The van der Waals surface area contributed by atoms with E-state index in [9.17, 15) is 0 Å². The number of hydrogen-bond donors (Lipinski definition) is 1. The Morgan fingerprint density at radius 1 is 1.44 bits per heavy atom. The summed E-state index contributed by atoms with van der Waals surface area (Å²) in [5.74, 6) is 0.669. The average Bonchev–Trinajstić information content (AvgIpc) is 2.33. The van der Waals surface area contributed by atoms with Crippen molar-refractivity contribution in [3.63, 3.8) is 0 Å². The molecule has 1 aliphatic rings. The van der Waals surface area contributed by atoms with E-state index in [0.717, 1.165) is 31.2 Å². The van der Waals surface area contributed by atoms with Crippen LogP contribution in [0.5, 0.6) is 0 Å². The van der Waals surface area contributed by atoms with E-state index >= 15 is 0 Å². The fourth-order valence-corrected chi connectivity index (χ4v) is 2.92. The minimum absolute atomic E-state index is 0.608. The van der Waals surface area contributed by atoms with Crippen LogP contribution < -0.4 is 5.32 Å². The van der Waals surface area contributed by atoms with E-state index in [1.165, 1.54) is 11.1 Å². The van der Waals surface area contributed by atoms with Gasteiger partial charge in [-0.05, 0) is 30.0 Å². The van der Waals surface area contributed by atoms with Crippen molar-refractivity contribution in [1.82, 2.24) is 10.2 Å². The quantitative estimate of drug-likeness (QED) is 0.905. The van der Waals surface area contributed by atoms with Crippen molar-refractivity contribution in [1.29, 1.82) is 0 Å². The van der Waals surface area contributed by atoms with Crippen molar-refractivity contribution in [3.05, 3.63) is 34.3 Å². The van der Waals surface area contributed by atoms with Gasteiger partial charge in [0.1, 0.15) is 0 Å². The van der Waals surface area contributed by atoms with Crippen molar-refractivity contribution < 1.29 is 0 Å². The molecule has 0 spiro atoms. The SMILES string of the molecule is Cc1ccc(CN2CCNCC2C(C)C)c(Cl)c1. The van der Waals surface area contributed by atoms with Crippen LogP contribution in [0.1, 0.15) is 25.0 Å². The van der Waals surface area contributed by atoms with E-state index in [1.54, 1.807) is 0 Å². The maximum atomic E-state index is 6.33. The third kappa shape index (κ3) is 3.25. The van der Waals surface area contributed by atoms with Crippen molar-refractivity contribution in [2.24, 2.45) is 5.92 Å². The Bertz CT molecular complexity index is 403. The zero-order valence-corrected chi connectivity index (χ0v) is 12.3. The molecule has 1 aromatic rings. The lowest BCUT2D eigenvalue weighted by Crippen LogP contribution is -2.52. The van der Waals surface area contributed by atoms with Crippen LogP contribution in [0.15, 0.2) is 18.2 Å². The molecule has 1 fully saturated rings. The highest BCUT2D eigenvalue weighted by atomic mass is 35.5. The van der Waals surface area contributed by atoms with Gasteiger partial charge in [-0.15, -0.1) is 0 Å². The first-order valence-corrected chi connectivity index (χ1v) is 7.15. The van der Waals surface area contributed by atoms with Crippen LogP contribution in [0, 0.1) is 12.8 Å². The van der Waals surface area contributed by atoms with Crippen LogP contribution in [0.2, 0.25) is 5.02 Å². The van der Waals surface area contributed by atoms with E-state index in [4.69, 9.17) is 11.6 Å². The van der Waals surface area contributed by atoms with Gasteiger partial charge in [-0.2, -0.15) is 0 Å². The molecule has 0 amide bonds. The number of halogens is 1. The van der Waals surface area contributed by atoms with Gasteiger partial charge in [0.15, 0.2) is 0 Å². The first-order valence-electron chi connectivity index (χ1n) is 6.77. The lowest BCUT2D eigenvalue weighted by atomic mass is 9.99. The molecular weight excluding hydrogens is 244 g/mol. The minimum atomic E-state index is 0.608. The van der Waals surface area contributed by atoms with Crippen molar-refractivity contribution in [2.75, 3.05) is 19.6 Å². The van der Waals surface area contributed by atoms with Crippen LogP contribution in [-0.4, -0.2) is 30.6 Å². The fraction of sp³-hybridized carbons (Fsp3) is 0.600. The number of aryl methyl sites for hydroxylation is 1. The molecule has 0 aromatic heterocycles. The van der Waals surface area contributed by atoms with E-state index in [1.807, 2.05) is 0 Å². The Hall–Kier alpha value is -0.570. The molecular formula is C15H23ClN2. The van der Waals surface area contributed by atoms with E-state index in [-0.39, 0.29) is 0 Å². The molecule has 1 aromatic carbocycles. The molecule has 1 aliphatic heterocycles. The number of rotatable bonds is 3. The topological polar surface area (TPSA) is 15.3 Å². The molecule has 0 saturated carbocycles. The summed E-state index contributed by atoms with van der Waals surface area (Å²) in [7, 11) is 0. The normalized spacial score (nSPS) is 21.5. The van der Waals surface area contributed by atoms with Gasteiger partial charge in [-0.25, -0.2) is 0 Å². The molecule has 1 unspecified atom stereocenters. The van der Waals surface area contributed by atoms with Crippen LogP contribution in [0.3, 0.4) is 0 Å². The van der Waals surface area contributed by atoms with Gasteiger partial charge in [0, 0.05) is 37.2 Å². The third-order valence-electron chi connectivity index (χ3n) is 3.75. The van der Waals surface area contributed by atoms with Gasteiger partial charge in [-0.3, -0.25) is 4.90 Å². The van der Waals surface area contributed by atoms with Gasteiger partial charge in [0.2, 0.25) is 0 Å². The molecule has 0 aliphatic carbocycles.